The molecule has 0 atom stereocenters. The number of rotatable bonds is 1. The van der Waals surface area contributed by atoms with Crippen molar-refractivity contribution >= 4 is 15.9 Å². The van der Waals surface area contributed by atoms with Crippen molar-refractivity contribution in [2.24, 2.45) is 0 Å². The molecule has 1 rings (SSSR count). The molecule has 2 nitrogen and oxygen atoms in total. The highest BCUT2D eigenvalue weighted by Gasteiger charge is 1.97. The van der Waals surface area contributed by atoms with Crippen LogP contribution in [0, 0.1) is 0 Å². The second-order valence-electron chi connectivity index (χ2n) is 1.78. The Bertz CT molecular complexity index is 160. The van der Waals surface area contributed by atoms with Crippen molar-refractivity contribution in [2.75, 3.05) is 13.6 Å². The first-order chi connectivity index (χ1) is 4.33. The minimum atomic E-state index is 0.896. The van der Waals surface area contributed by atoms with E-state index in [4.69, 9.17) is 0 Å². The second-order valence-corrected chi connectivity index (χ2v) is 2.64. The van der Waals surface area contributed by atoms with Gasteiger partial charge in [-0.15, -0.1) is 0 Å². The molecule has 0 bridgehead atoms. The van der Waals surface area contributed by atoms with Crippen molar-refractivity contribution in [3.63, 3.8) is 0 Å². The van der Waals surface area contributed by atoms with E-state index in [-0.39, 0.29) is 0 Å². The van der Waals surface area contributed by atoms with Gasteiger partial charge in [-0.05, 0) is 28.1 Å². The largest absolute Gasteiger partial charge is 0.388 e. The first kappa shape index (κ1) is 6.68. The number of nitrogens with one attached hydrogen (secondary N) is 2. The number of likely N-dealkylation sites (N-methyl/N-ethyl adjacent to an activating group) is 1. The van der Waals surface area contributed by atoms with Gasteiger partial charge < -0.3 is 10.6 Å². The van der Waals surface area contributed by atoms with Crippen molar-refractivity contribution in [1.82, 2.24) is 10.6 Å². The number of allylic oxidation sites excluding steroid dienone is 1. The first-order valence-corrected chi connectivity index (χ1v) is 3.61. The molecule has 0 aromatic rings. The van der Waals surface area contributed by atoms with Crippen LogP contribution in [0.25, 0.3) is 0 Å². The van der Waals surface area contributed by atoms with Crippen LogP contribution in [0.4, 0.5) is 0 Å². The monoisotopic (exact) mass is 188 g/mol. The molecule has 2 N–H and O–H groups in total. The molecule has 0 unspecified atom stereocenters. The Morgan fingerprint density at radius 1 is 1.78 bits per heavy atom. The Balaban J connectivity index is 2.63. The smallest absolute Gasteiger partial charge is 0.0803 e. The third-order valence-corrected chi connectivity index (χ3v) is 1.67. The van der Waals surface area contributed by atoms with Crippen LogP contribution in [-0.4, -0.2) is 13.6 Å². The highest BCUT2D eigenvalue weighted by molar-refractivity contribution is 9.11. The van der Waals surface area contributed by atoms with Gasteiger partial charge in [0.25, 0.3) is 0 Å². The summed E-state index contributed by atoms with van der Waals surface area (Å²) in [6, 6.07) is 0. The van der Waals surface area contributed by atoms with E-state index in [9.17, 15) is 0 Å². The van der Waals surface area contributed by atoms with E-state index >= 15 is 0 Å². The fourth-order valence-corrected chi connectivity index (χ4v) is 1.09. The molecular formula is C6H9BrN2. The molecule has 0 fully saturated rings. The van der Waals surface area contributed by atoms with Crippen molar-refractivity contribution < 1.29 is 0 Å². The molecule has 1 aliphatic rings. The fourth-order valence-electron chi connectivity index (χ4n) is 0.679. The molecule has 9 heavy (non-hydrogen) atoms. The van der Waals surface area contributed by atoms with Gasteiger partial charge in [0.2, 0.25) is 0 Å². The molecule has 0 radical (unpaired) electrons. The van der Waals surface area contributed by atoms with Gasteiger partial charge in [0.05, 0.1) is 4.61 Å². The van der Waals surface area contributed by atoms with E-state index in [2.05, 4.69) is 32.6 Å². The third-order valence-electron chi connectivity index (χ3n) is 1.16. The fraction of sp³-hybridized carbons (Fsp3) is 0.333. The molecular weight excluding hydrogens is 180 g/mol. The molecule has 0 aromatic heterocycles. The van der Waals surface area contributed by atoms with Gasteiger partial charge in [0, 0.05) is 19.3 Å². The standard InChI is InChI=1S/C6H9BrN2/c1-8-5-2-3-9-6(7)4-5/h2,4,8-9H,3H2,1H3. The summed E-state index contributed by atoms with van der Waals surface area (Å²) >= 11 is 3.34. The zero-order chi connectivity index (χ0) is 6.69. The number of hydrogen-bond acceptors (Lipinski definition) is 2. The summed E-state index contributed by atoms with van der Waals surface area (Å²) in [7, 11) is 1.91. The number of halogens is 1. The van der Waals surface area contributed by atoms with E-state index in [1.165, 1.54) is 0 Å². The van der Waals surface area contributed by atoms with Crippen molar-refractivity contribution in [3.05, 3.63) is 22.5 Å². The van der Waals surface area contributed by atoms with Crippen LogP contribution in [0.1, 0.15) is 0 Å². The van der Waals surface area contributed by atoms with Gasteiger partial charge in [0.15, 0.2) is 0 Å². The summed E-state index contributed by atoms with van der Waals surface area (Å²) in [6.07, 6.45) is 4.09. The summed E-state index contributed by atoms with van der Waals surface area (Å²) in [5.41, 5.74) is 1.15. The summed E-state index contributed by atoms with van der Waals surface area (Å²) in [5.74, 6) is 0. The van der Waals surface area contributed by atoms with Crippen LogP contribution in [0.15, 0.2) is 22.5 Å². The number of hydrogen-bond donors (Lipinski definition) is 2. The van der Waals surface area contributed by atoms with Crippen molar-refractivity contribution in [1.29, 1.82) is 0 Å². The topological polar surface area (TPSA) is 24.1 Å². The van der Waals surface area contributed by atoms with Crippen LogP contribution >= 0.6 is 15.9 Å². The summed E-state index contributed by atoms with van der Waals surface area (Å²) < 4.78 is 1.04. The first-order valence-electron chi connectivity index (χ1n) is 2.82. The molecule has 3 heteroatoms. The lowest BCUT2D eigenvalue weighted by molar-refractivity contribution is 0.902. The lowest BCUT2D eigenvalue weighted by Gasteiger charge is -2.10. The Morgan fingerprint density at radius 2 is 2.56 bits per heavy atom. The summed E-state index contributed by atoms with van der Waals surface area (Å²) in [6.45, 7) is 0.896. The molecule has 0 aromatic carbocycles. The van der Waals surface area contributed by atoms with Gasteiger partial charge in [-0.3, -0.25) is 0 Å². The zero-order valence-corrected chi connectivity index (χ0v) is 6.83. The lowest BCUT2D eigenvalue weighted by Crippen LogP contribution is -2.17. The van der Waals surface area contributed by atoms with Crippen LogP contribution in [-0.2, 0) is 0 Å². The van der Waals surface area contributed by atoms with Gasteiger partial charge >= 0.3 is 0 Å². The van der Waals surface area contributed by atoms with Gasteiger partial charge in [-0.2, -0.15) is 0 Å². The molecule has 50 valence electrons. The highest BCUT2D eigenvalue weighted by atomic mass is 79.9. The van der Waals surface area contributed by atoms with Crippen LogP contribution in [0.5, 0.6) is 0 Å². The molecule has 0 saturated heterocycles. The summed E-state index contributed by atoms with van der Waals surface area (Å²) in [5, 5.41) is 6.16. The van der Waals surface area contributed by atoms with Crippen LogP contribution < -0.4 is 10.6 Å². The van der Waals surface area contributed by atoms with E-state index in [1.807, 2.05) is 13.1 Å². The molecule has 0 aliphatic carbocycles. The van der Waals surface area contributed by atoms with E-state index in [0.717, 1.165) is 16.8 Å². The average Bonchev–Trinajstić information content (AvgIpc) is 1.88. The second kappa shape index (κ2) is 2.92. The maximum Gasteiger partial charge on any atom is 0.0803 e. The highest BCUT2D eigenvalue weighted by Crippen LogP contribution is 2.07. The quantitative estimate of drug-likeness (QED) is 0.599. The predicted octanol–water partition coefficient (Wildman–Crippen LogP) is 0.929. The van der Waals surface area contributed by atoms with Gasteiger partial charge in [-0.25, -0.2) is 0 Å². The molecule has 0 spiro atoms. The van der Waals surface area contributed by atoms with E-state index in [0.29, 0.717) is 0 Å². The van der Waals surface area contributed by atoms with Crippen molar-refractivity contribution in [3.8, 4) is 0 Å². The van der Waals surface area contributed by atoms with Crippen LogP contribution in [0.3, 0.4) is 0 Å². The third kappa shape index (κ3) is 1.75. The zero-order valence-electron chi connectivity index (χ0n) is 5.24. The van der Waals surface area contributed by atoms with E-state index in [1.54, 1.807) is 0 Å². The molecule has 1 heterocycles. The van der Waals surface area contributed by atoms with E-state index < -0.39 is 0 Å². The Morgan fingerprint density at radius 3 is 3.00 bits per heavy atom. The minimum absolute atomic E-state index is 0.896. The van der Waals surface area contributed by atoms with Gasteiger partial charge in [0.1, 0.15) is 0 Å². The van der Waals surface area contributed by atoms with Crippen LogP contribution in [0.2, 0.25) is 0 Å². The predicted molar refractivity (Wildman–Crippen MR) is 42.2 cm³/mol. The average molecular weight is 189 g/mol. The number of dihydropyridines is 1. The maximum absolute atomic E-state index is 3.34. The molecule has 0 saturated carbocycles. The SMILES string of the molecule is CNC1=CCNC(Br)=C1. The normalized spacial score (nSPS) is 17.6. The maximum atomic E-state index is 3.34. The Hall–Kier alpha value is -0.440. The Kier molecular flexibility index (Phi) is 2.16. The summed E-state index contributed by atoms with van der Waals surface area (Å²) in [4.78, 5) is 0. The lowest BCUT2D eigenvalue weighted by atomic mass is 10.3. The van der Waals surface area contributed by atoms with Crippen molar-refractivity contribution in [2.45, 2.75) is 0 Å². The Labute approximate surface area is 63.1 Å². The molecule has 0 amide bonds. The minimum Gasteiger partial charge on any atom is -0.388 e. The molecule has 1 aliphatic heterocycles. The van der Waals surface area contributed by atoms with Gasteiger partial charge in [-0.1, -0.05) is 0 Å².